The Bertz CT molecular complexity index is 564. The van der Waals surface area contributed by atoms with Crippen LogP contribution in [0.1, 0.15) is 45.8 Å². The SMILES string of the molecule is CCNC(=NCC(C)(C)C(=O)NC)NCCCOC(C)c1ccccc1.I. The first-order valence-electron chi connectivity index (χ1n) is 9.31. The molecular weight excluding hydrogens is 455 g/mol. The molecular formula is C20H35IN4O2. The molecule has 1 atom stereocenters. The largest absolute Gasteiger partial charge is 0.374 e. The number of nitrogens with zero attached hydrogens (tertiary/aromatic N) is 1. The van der Waals surface area contributed by atoms with E-state index < -0.39 is 5.41 Å². The number of ether oxygens (including phenoxy) is 1. The summed E-state index contributed by atoms with van der Waals surface area (Å²) in [5.74, 6) is 0.709. The third-order valence-corrected chi connectivity index (χ3v) is 4.07. The van der Waals surface area contributed by atoms with Crippen LogP contribution in [0.25, 0.3) is 0 Å². The molecule has 0 fully saturated rings. The summed E-state index contributed by atoms with van der Waals surface area (Å²) in [5.41, 5.74) is 0.650. The summed E-state index contributed by atoms with van der Waals surface area (Å²) in [6, 6.07) is 10.2. The molecule has 1 rings (SSSR count). The minimum Gasteiger partial charge on any atom is -0.374 e. The van der Waals surface area contributed by atoms with Crippen LogP contribution in [-0.2, 0) is 9.53 Å². The molecule has 27 heavy (non-hydrogen) atoms. The van der Waals surface area contributed by atoms with Gasteiger partial charge in [0.15, 0.2) is 5.96 Å². The number of hydrogen-bond donors (Lipinski definition) is 3. The van der Waals surface area contributed by atoms with Gasteiger partial charge in [0.1, 0.15) is 0 Å². The maximum atomic E-state index is 11.8. The van der Waals surface area contributed by atoms with Crippen LogP contribution in [0.3, 0.4) is 0 Å². The van der Waals surface area contributed by atoms with E-state index in [1.54, 1.807) is 7.05 Å². The van der Waals surface area contributed by atoms with Crippen molar-refractivity contribution in [2.24, 2.45) is 10.4 Å². The van der Waals surface area contributed by atoms with Gasteiger partial charge in [-0.3, -0.25) is 9.79 Å². The normalized spacial score (nSPS) is 12.7. The van der Waals surface area contributed by atoms with Gasteiger partial charge in [0.2, 0.25) is 5.91 Å². The number of aliphatic imine (C=N–C) groups is 1. The van der Waals surface area contributed by atoms with Crippen molar-refractivity contribution in [1.82, 2.24) is 16.0 Å². The smallest absolute Gasteiger partial charge is 0.227 e. The molecule has 0 aliphatic carbocycles. The Morgan fingerprint density at radius 3 is 2.48 bits per heavy atom. The molecule has 0 saturated carbocycles. The predicted molar refractivity (Wildman–Crippen MR) is 123 cm³/mol. The van der Waals surface area contributed by atoms with E-state index in [2.05, 4.69) is 40.0 Å². The zero-order valence-electron chi connectivity index (χ0n) is 17.2. The highest BCUT2D eigenvalue weighted by atomic mass is 127. The molecule has 0 aromatic heterocycles. The third kappa shape index (κ3) is 9.95. The molecule has 0 aliphatic heterocycles. The second kappa shape index (κ2) is 13.8. The number of carbonyl (C=O) groups is 1. The van der Waals surface area contributed by atoms with Gasteiger partial charge in [0, 0.05) is 26.7 Å². The van der Waals surface area contributed by atoms with Crippen LogP contribution in [-0.4, -0.2) is 45.2 Å². The van der Waals surface area contributed by atoms with Gasteiger partial charge in [-0.1, -0.05) is 30.3 Å². The maximum absolute atomic E-state index is 11.8. The van der Waals surface area contributed by atoms with Crippen LogP contribution >= 0.6 is 24.0 Å². The number of nitrogens with one attached hydrogen (secondary N) is 3. The Balaban J connectivity index is 0.00000676. The molecule has 0 heterocycles. The van der Waals surface area contributed by atoms with Gasteiger partial charge >= 0.3 is 0 Å². The van der Waals surface area contributed by atoms with Gasteiger partial charge in [0.25, 0.3) is 0 Å². The molecule has 7 heteroatoms. The van der Waals surface area contributed by atoms with Crippen molar-refractivity contribution in [2.75, 3.05) is 33.3 Å². The average molecular weight is 490 g/mol. The number of carbonyl (C=O) groups excluding carboxylic acids is 1. The molecule has 3 N–H and O–H groups in total. The van der Waals surface area contributed by atoms with E-state index in [1.165, 1.54) is 5.56 Å². The van der Waals surface area contributed by atoms with Crippen LogP contribution in [0.2, 0.25) is 0 Å². The molecule has 1 aromatic rings. The van der Waals surface area contributed by atoms with Crippen LogP contribution in [0.4, 0.5) is 0 Å². The van der Waals surface area contributed by atoms with E-state index in [9.17, 15) is 4.79 Å². The second-order valence-electron chi connectivity index (χ2n) is 6.86. The Labute approximate surface area is 181 Å². The topological polar surface area (TPSA) is 74.8 Å². The molecule has 0 aliphatic rings. The Morgan fingerprint density at radius 1 is 1.22 bits per heavy atom. The van der Waals surface area contributed by atoms with Gasteiger partial charge in [-0.15, -0.1) is 24.0 Å². The molecule has 0 spiro atoms. The van der Waals surface area contributed by atoms with Crippen molar-refractivity contribution in [1.29, 1.82) is 0 Å². The molecule has 154 valence electrons. The highest BCUT2D eigenvalue weighted by Crippen LogP contribution is 2.16. The lowest BCUT2D eigenvalue weighted by Crippen LogP contribution is -2.41. The van der Waals surface area contributed by atoms with E-state index in [0.29, 0.717) is 13.2 Å². The Kier molecular flexibility index (Phi) is 13.1. The summed E-state index contributed by atoms with van der Waals surface area (Å²) in [5, 5.41) is 9.17. The van der Waals surface area contributed by atoms with Crippen LogP contribution in [0.5, 0.6) is 0 Å². The summed E-state index contributed by atoms with van der Waals surface area (Å²) in [7, 11) is 1.65. The first kappa shape index (κ1) is 25.6. The lowest BCUT2D eigenvalue weighted by molar-refractivity contribution is -0.128. The number of rotatable bonds is 10. The summed E-state index contributed by atoms with van der Waals surface area (Å²) < 4.78 is 5.88. The van der Waals surface area contributed by atoms with Crippen molar-refractivity contribution in [3.05, 3.63) is 35.9 Å². The molecule has 1 amide bonds. The first-order valence-corrected chi connectivity index (χ1v) is 9.31. The first-order chi connectivity index (χ1) is 12.4. The standard InChI is InChI=1S/C20H34N4O2.HI/c1-6-22-19(24-15-20(3,4)18(25)21-5)23-13-10-14-26-16(2)17-11-8-7-9-12-17;/h7-9,11-12,16H,6,10,13-15H2,1-5H3,(H,21,25)(H2,22,23,24);1H. The molecule has 6 nitrogen and oxygen atoms in total. The summed E-state index contributed by atoms with van der Waals surface area (Å²) >= 11 is 0. The van der Waals surface area contributed by atoms with Gasteiger partial charge < -0.3 is 20.7 Å². The van der Waals surface area contributed by atoms with Gasteiger partial charge in [-0.25, -0.2) is 0 Å². The van der Waals surface area contributed by atoms with Crippen molar-refractivity contribution >= 4 is 35.8 Å². The van der Waals surface area contributed by atoms with Crippen LogP contribution in [0, 0.1) is 5.41 Å². The van der Waals surface area contributed by atoms with E-state index in [1.807, 2.05) is 39.0 Å². The molecule has 1 aromatic carbocycles. The molecule has 0 saturated heterocycles. The predicted octanol–water partition coefficient (Wildman–Crippen LogP) is 3.10. The quantitative estimate of drug-likeness (QED) is 0.204. The molecule has 0 radical (unpaired) electrons. The van der Waals surface area contributed by atoms with E-state index in [4.69, 9.17) is 4.74 Å². The van der Waals surface area contributed by atoms with Gasteiger partial charge in [-0.05, 0) is 39.7 Å². The van der Waals surface area contributed by atoms with Gasteiger partial charge in [0.05, 0.1) is 18.1 Å². The zero-order valence-corrected chi connectivity index (χ0v) is 19.5. The highest BCUT2D eigenvalue weighted by Gasteiger charge is 2.26. The Hall–Kier alpha value is -1.35. The fourth-order valence-corrected chi connectivity index (χ4v) is 2.39. The fraction of sp³-hybridized carbons (Fsp3) is 0.600. The summed E-state index contributed by atoms with van der Waals surface area (Å²) in [6.45, 7) is 10.5. The summed E-state index contributed by atoms with van der Waals surface area (Å²) in [6.07, 6.45) is 0.965. The molecule has 1 unspecified atom stereocenters. The minimum absolute atomic E-state index is 0. The lowest BCUT2D eigenvalue weighted by Gasteiger charge is -2.21. The maximum Gasteiger partial charge on any atom is 0.227 e. The second-order valence-corrected chi connectivity index (χ2v) is 6.86. The van der Waals surface area contributed by atoms with E-state index in [-0.39, 0.29) is 36.0 Å². The number of guanidine groups is 1. The number of hydrogen-bond acceptors (Lipinski definition) is 3. The van der Waals surface area contributed by atoms with E-state index >= 15 is 0 Å². The minimum atomic E-state index is -0.536. The zero-order chi connectivity index (χ0) is 19.4. The third-order valence-electron chi connectivity index (χ3n) is 4.07. The molecule has 0 bridgehead atoms. The van der Waals surface area contributed by atoms with Gasteiger partial charge in [-0.2, -0.15) is 0 Å². The van der Waals surface area contributed by atoms with Crippen molar-refractivity contribution < 1.29 is 9.53 Å². The average Bonchev–Trinajstić information content (AvgIpc) is 2.65. The number of benzene rings is 1. The van der Waals surface area contributed by atoms with Crippen molar-refractivity contribution in [3.8, 4) is 0 Å². The Morgan fingerprint density at radius 2 is 1.89 bits per heavy atom. The fourth-order valence-electron chi connectivity index (χ4n) is 2.39. The van der Waals surface area contributed by atoms with Crippen molar-refractivity contribution in [3.63, 3.8) is 0 Å². The van der Waals surface area contributed by atoms with Crippen molar-refractivity contribution in [2.45, 2.75) is 40.2 Å². The van der Waals surface area contributed by atoms with Crippen LogP contribution in [0.15, 0.2) is 35.3 Å². The number of halogens is 1. The van der Waals surface area contributed by atoms with E-state index in [0.717, 1.165) is 25.5 Å². The monoisotopic (exact) mass is 490 g/mol. The lowest BCUT2D eigenvalue weighted by atomic mass is 9.93. The number of amides is 1. The summed E-state index contributed by atoms with van der Waals surface area (Å²) in [4.78, 5) is 16.4. The highest BCUT2D eigenvalue weighted by molar-refractivity contribution is 14.0. The van der Waals surface area contributed by atoms with Crippen LogP contribution < -0.4 is 16.0 Å².